The van der Waals surface area contributed by atoms with Gasteiger partial charge in [-0.1, -0.05) is 12.5 Å². The van der Waals surface area contributed by atoms with Crippen molar-refractivity contribution < 1.29 is 9.53 Å². The maximum Gasteiger partial charge on any atom is 0.225 e. The molecular weight excluding hydrogens is 284 g/mol. The third-order valence-corrected chi connectivity index (χ3v) is 6.40. The molecule has 0 aromatic carbocycles. The fraction of sp³-hybridized carbons (Fsp3) is 0.625. The Balaban J connectivity index is 1.30. The Morgan fingerprint density at radius 1 is 1.38 bits per heavy atom. The molecule has 0 N–H and O–H groups in total. The molecule has 1 aliphatic carbocycles. The largest absolute Gasteiger partial charge is 0.473 e. The van der Waals surface area contributed by atoms with E-state index in [4.69, 9.17) is 4.74 Å². The van der Waals surface area contributed by atoms with Crippen LogP contribution in [0.2, 0.25) is 0 Å². The average molecular weight is 304 g/mol. The molecule has 5 heteroatoms. The van der Waals surface area contributed by atoms with Crippen molar-refractivity contribution in [2.45, 2.75) is 36.5 Å². The van der Waals surface area contributed by atoms with Crippen molar-refractivity contribution in [3.8, 4) is 5.88 Å². The van der Waals surface area contributed by atoms with Gasteiger partial charge in [0.15, 0.2) is 0 Å². The molecular formula is C16H20N2O2S. The van der Waals surface area contributed by atoms with E-state index in [0.717, 1.165) is 38.1 Å². The molecule has 3 aliphatic rings. The second kappa shape index (κ2) is 5.20. The number of thioether (sulfide) groups is 1. The first kappa shape index (κ1) is 13.4. The summed E-state index contributed by atoms with van der Waals surface area (Å²) in [6.07, 6.45) is 6.44. The van der Waals surface area contributed by atoms with Gasteiger partial charge in [0, 0.05) is 43.4 Å². The molecule has 1 spiro atoms. The molecule has 1 saturated carbocycles. The van der Waals surface area contributed by atoms with Crippen LogP contribution >= 0.6 is 11.8 Å². The summed E-state index contributed by atoms with van der Waals surface area (Å²) < 4.78 is 6.20. The van der Waals surface area contributed by atoms with Crippen molar-refractivity contribution in [3.05, 3.63) is 24.4 Å². The highest BCUT2D eigenvalue weighted by Crippen LogP contribution is 2.47. The first-order valence-corrected chi connectivity index (χ1v) is 8.73. The molecule has 1 aromatic heterocycles. The summed E-state index contributed by atoms with van der Waals surface area (Å²) in [5.74, 6) is 2.43. The lowest BCUT2D eigenvalue weighted by Crippen LogP contribution is -2.62. The minimum atomic E-state index is 0.228. The monoisotopic (exact) mass is 304 g/mol. The number of pyridine rings is 1. The van der Waals surface area contributed by atoms with Crippen molar-refractivity contribution in [3.63, 3.8) is 0 Å². The van der Waals surface area contributed by atoms with E-state index < -0.39 is 0 Å². The third kappa shape index (κ3) is 2.52. The van der Waals surface area contributed by atoms with Crippen LogP contribution in [0, 0.1) is 5.92 Å². The van der Waals surface area contributed by atoms with Crippen molar-refractivity contribution in [1.29, 1.82) is 0 Å². The minimum Gasteiger partial charge on any atom is -0.473 e. The van der Waals surface area contributed by atoms with Gasteiger partial charge in [-0.25, -0.2) is 4.98 Å². The quantitative estimate of drug-likeness (QED) is 0.859. The first-order valence-electron chi connectivity index (χ1n) is 7.75. The van der Waals surface area contributed by atoms with Crippen molar-refractivity contribution in [2.24, 2.45) is 5.92 Å². The maximum absolute atomic E-state index is 12.2. The van der Waals surface area contributed by atoms with Crippen molar-refractivity contribution in [2.75, 3.05) is 18.8 Å². The van der Waals surface area contributed by atoms with E-state index in [1.807, 2.05) is 30.0 Å². The van der Waals surface area contributed by atoms with E-state index in [2.05, 4.69) is 9.88 Å². The lowest BCUT2D eigenvalue weighted by atomic mass is 9.82. The molecule has 3 heterocycles. The Bertz CT molecular complexity index is 526. The van der Waals surface area contributed by atoms with E-state index >= 15 is 0 Å². The van der Waals surface area contributed by atoms with Crippen molar-refractivity contribution in [1.82, 2.24) is 9.88 Å². The molecule has 3 fully saturated rings. The Labute approximate surface area is 129 Å². The summed E-state index contributed by atoms with van der Waals surface area (Å²) in [5, 5.41) is 0. The zero-order valence-electron chi connectivity index (χ0n) is 12.0. The molecule has 4 rings (SSSR count). The van der Waals surface area contributed by atoms with Gasteiger partial charge < -0.3 is 9.64 Å². The van der Waals surface area contributed by atoms with Gasteiger partial charge >= 0.3 is 0 Å². The van der Waals surface area contributed by atoms with Crippen LogP contribution in [-0.2, 0) is 4.79 Å². The topological polar surface area (TPSA) is 42.4 Å². The van der Waals surface area contributed by atoms with E-state index in [-0.39, 0.29) is 10.9 Å². The molecule has 2 aliphatic heterocycles. The Kier molecular flexibility index (Phi) is 3.32. The molecule has 0 bridgehead atoms. The van der Waals surface area contributed by atoms with Gasteiger partial charge in [-0.2, -0.15) is 0 Å². The van der Waals surface area contributed by atoms with Crippen LogP contribution in [0.4, 0.5) is 0 Å². The highest BCUT2D eigenvalue weighted by Gasteiger charge is 2.52. The minimum absolute atomic E-state index is 0.228. The number of nitrogens with zero attached hydrogens (tertiary/aromatic N) is 2. The summed E-state index contributed by atoms with van der Waals surface area (Å²) >= 11 is 1.97. The fourth-order valence-corrected chi connectivity index (χ4v) is 4.93. The Morgan fingerprint density at radius 2 is 2.24 bits per heavy atom. The van der Waals surface area contributed by atoms with Crippen LogP contribution in [0.3, 0.4) is 0 Å². The van der Waals surface area contributed by atoms with Gasteiger partial charge in [-0.3, -0.25) is 4.79 Å². The van der Waals surface area contributed by atoms with E-state index in [1.165, 1.54) is 6.42 Å². The highest BCUT2D eigenvalue weighted by atomic mass is 32.2. The van der Waals surface area contributed by atoms with Gasteiger partial charge in [0.1, 0.15) is 6.10 Å². The maximum atomic E-state index is 12.2. The molecule has 1 amide bonds. The van der Waals surface area contributed by atoms with Crippen LogP contribution in [-0.4, -0.2) is 45.5 Å². The number of likely N-dealkylation sites (tertiary alicyclic amines) is 1. The standard InChI is InChI=1S/C16H20N2O2S/c19-15(12-4-3-5-12)18-10-16(11-18)8-13(9-21-16)20-14-6-1-2-7-17-14/h1-2,6-7,12-13H,3-5,8-11H2/t13-/m0/s1. The van der Waals surface area contributed by atoms with E-state index in [0.29, 0.717) is 17.7 Å². The predicted octanol–water partition coefficient (Wildman–Crippen LogP) is 2.35. The molecule has 2 saturated heterocycles. The van der Waals surface area contributed by atoms with E-state index in [1.54, 1.807) is 6.20 Å². The van der Waals surface area contributed by atoms with Gasteiger partial charge in [0.2, 0.25) is 11.8 Å². The number of carbonyl (C=O) groups is 1. The fourth-order valence-electron chi connectivity index (χ4n) is 3.40. The van der Waals surface area contributed by atoms with Gasteiger partial charge in [-0.05, 0) is 18.9 Å². The Hall–Kier alpha value is -1.23. The number of aromatic nitrogens is 1. The smallest absolute Gasteiger partial charge is 0.225 e. The highest BCUT2D eigenvalue weighted by molar-refractivity contribution is 8.01. The normalized spacial score (nSPS) is 27.2. The summed E-state index contributed by atoms with van der Waals surface area (Å²) in [7, 11) is 0. The van der Waals surface area contributed by atoms with E-state index in [9.17, 15) is 4.79 Å². The first-order chi connectivity index (χ1) is 10.2. The molecule has 1 atom stereocenters. The zero-order chi connectivity index (χ0) is 14.3. The van der Waals surface area contributed by atoms with Crippen molar-refractivity contribution >= 4 is 17.7 Å². The Morgan fingerprint density at radius 3 is 2.90 bits per heavy atom. The van der Waals surface area contributed by atoms with Crippen LogP contribution in [0.1, 0.15) is 25.7 Å². The van der Waals surface area contributed by atoms with Crippen LogP contribution in [0.25, 0.3) is 0 Å². The lowest BCUT2D eigenvalue weighted by Gasteiger charge is -2.49. The number of rotatable bonds is 3. The molecule has 0 radical (unpaired) electrons. The second-order valence-electron chi connectivity index (χ2n) is 6.43. The summed E-state index contributed by atoms with van der Waals surface area (Å²) in [6, 6.07) is 5.75. The number of hydrogen-bond acceptors (Lipinski definition) is 4. The average Bonchev–Trinajstić information content (AvgIpc) is 2.80. The zero-order valence-corrected chi connectivity index (χ0v) is 12.8. The SMILES string of the molecule is O=C(C1CCC1)N1CC2(C[C@H](Oc3ccccn3)CS2)C1. The number of amides is 1. The lowest BCUT2D eigenvalue weighted by molar-refractivity contribution is -0.143. The number of hydrogen-bond donors (Lipinski definition) is 0. The molecule has 4 nitrogen and oxygen atoms in total. The predicted molar refractivity (Wildman–Crippen MR) is 82.4 cm³/mol. The van der Waals surface area contributed by atoms with Crippen LogP contribution in [0.15, 0.2) is 24.4 Å². The molecule has 1 aromatic rings. The second-order valence-corrected chi connectivity index (χ2v) is 7.92. The third-order valence-electron chi connectivity index (χ3n) is 4.82. The summed E-state index contributed by atoms with van der Waals surface area (Å²) in [4.78, 5) is 18.5. The summed E-state index contributed by atoms with van der Waals surface area (Å²) in [6.45, 7) is 1.82. The number of ether oxygens (including phenoxy) is 1. The van der Waals surface area contributed by atoms with Crippen LogP contribution < -0.4 is 4.74 Å². The number of carbonyl (C=O) groups excluding carboxylic acids is 1. The molecule has 21 heavy (non-hydrogen) atoms. The molecule has 0 unspecified atom stereocenters. The van der Waals surface area contributed by atoms with Crippen LogP contribution in [0.5, 0.6) is 5.88 Å². The van der Waals surface area contributed by atoms with Gasteiger partial charge in [-0.15, -0.1) is 11.8 Å². The van der Waals surface area contributed by atoms with Gasteiger partial charge in [0.05, 0.1) is 4.75 Å². The summed E-state index contributed by atoms with van der Waals surface area (Å²) in [5.41, 5.74) is 0. The van der Waals surface area contributed by atoms with Gasteiger partial charge in [0.25, 0.3) is 0 Å². The molecule has 112 valence electrons.